The van der Waals surface area contributed by atoms with Crippen LogP contribution in [0.15, 0.2) is 28.7 Å². The third-order valence-electron chi connectivity index (χ3n) is 3.46. The molecule has 2 unspecified atom stereocenters. The Morgan fingerprint density at radius 2 is 2.25 bits per heavy atom. The first-order valence-corrected chi connectivity index (χ1v) is 6.55. The van der Waals surface area contributed by atoms with Crippen LogP contribution in [0.5, 0.6) is 0 Å². The average Bonchev–Trinajstić information content (AvgIpc) is 2.24. The van der Waals surface area contributed by atoms with Gasteiger partial charge in [0.05, 0.1) is 5.60 Å². The lowest BCUT2D eigenvalue weighted by molar-refractivity contribution is -0.0192. The van der Waals surface area contributed by atoms with Crippen LogP contribution in [0.4, 0.5) is 0 Å². The second-order valence-electron chi connectivity index (χ2n) is 4.82. The van der Waals surface area contributed by atoms with E-state index in [0.29, 0.717) is 12.5 Å². The van der Waals surface area contributed by atoms with Crippen LogP contribution in [-0.4, -0.2) is 23.8 Å². The summed E-state index contributed by atoms with van der Waals surface area (Å²) < 4.78 is 1.14. The zero-order valence-corrected chi connectivity index (χ0v) is 11.1. The molecule has 2 rings (SSSR count). The molecule has 3 heteroatoms. The van der Waals surface area contributed by atoms with E-state index in [1.807, 2.05) is 13.0 Å². The van der Waals surface area contributed by atoms with Gasteiger partial charge in [-0.2, -0.15) is 0 Å². The zero-order chi connectivity index (χ0) is 11.6. The lowest BCUT2D eigenvalue weighted by atomic mass is 9.79. The van der Waals surface area contributed by atoms with E-state index in [1.54, 1.807) is 0 Å². The Bertz CT molecular complexity index is 365. The number of benzene rings is 1. The molecular formula is C13H18BrNO. The van der Waals surface area contributed by atoms with Gasteiger partial charge in [-0.15, -0.1) is 0 Å². The quantitative estimate of drug-likeness (QED) is 0.873. The molecule has 88 valence electrons. The molecule has 1 aromatic carbocycles. The van der Waals surface area contributed by atoms with Crippen LogP contribution >= 0.6 is 15.9 Å². The van der Waals surface area contributed by atoms with Crippen LogP contribution in [0.2, 0.25) is 0 Å². The molecule has 1 saturated heterocycles. The molecule has 2 nitrogen and oxygen atoms in total. The summed E-state index contributed by atoms with van der Waals surface area (Å²) in [7, 11) is 0. The molecule has 0 aliphatic carbocycles. The van der Waals surface area contributed by atoms with Crippen LogP contribution in [0.3, 0.4) is 0 Å². The van der Waals surface area contributed by atoms with Crippen molar-refractivity contribution >= 4 is 15.9 Å². The number of hydrogen-bond donors (Lipinski definition) is 2. The number of piperidine rings is 1. The molecule has 0 aromatic heterocycles. The van der Waals surface area contributed by atoms with Gasteiger partial charge in [0.1, 0.15) is 0 Å². The van der Waals surface area contributed by atoms with E-state index in [1.165, 1.54) is 5.56 Å². The molecule has 0 radical (unpaired) electrons. The van der Waals surface area contributed by atoms with Crippen molar-refractivity contribution < 1.29 is 5.11 Å². The summed E-state index contributed by atoms with van der Waals surface area (Å²) in [6, 6.07) is 8.26. The summed E-state index contributed by atoms with van der Waals surface area (Å²) in [5.74, 6) is 0.340. The van der Waals surface area contributed by atoms with E-state index in [-0.39, 0.29) is 0 Å². The summed E-state index contributed by atoms with van der Waals surface area (Å²) in [5, 5.41) is 13.6. The minimum Gasteiger partial charge on any atom is -0.389 e. The third kappa shape index (κ3) is 2.65. The molecule has 0 spiro atoms. The maximum absolute atomic E-state index is 10.3. The summed E-state index contributed by atoms with van der Waals surface area (Å²) in [5.41, 5.74) is 0.697. The number of β-amino-alcohol motifs (C(OH)–C–C–N with tert-alkyl or cyclic N) is 1. The second kappa shape index (κ2) is 4.86. The van der Waals surface area contributed by atoms with Gasteiger partial charge in [0.25, 0.3) is 0 Å². The van der Waals surface area contributed by atoms with Crippen molar-refractivity contribution in [3.63, 3.8) is 0 Å². The Labute approximate surface area is 105 Å². The van der Waals surface area contributed by atoms with Crippen LogP contribution < -0.4 is 5.32 Å². The van der Waals surface area contributed by atoms with Crippen LogP contribution in [0, 0.1) is 5.92 Å². The molecule has 0 saturated carbocycles. The van der Waals surface area contributed by atoms with Crippen molar-refractivity contribution in [1.29, 1.82) is 0 Å². The molecule has 1 aliphatic rings. The van der Waals surface area contributed by atoms with Crippen LogP contribution in [0.25, 0.3) is 0 Å². The lowest BCUT2D eigenvalue weighted by Crippen LogP contribution is -2.50. The molecule has 1 heterocycles. The van der Waals surface area contributed by atoms with Crippen LogP contribution in [-0.2, 0) is 6.42 Å². The van der Waals surface area contributed by atoms with Crippen molar-refractivity contribution in [2.75, 3.05) is 13.1 Å². The minimum absolute atomic E-state index is 0.340. The summed E-state index contributed by atoms with van der Waals surface area (Å²) in [6.45, 7) is 3.63. The number of halogens is 1. The highest BCUT2D eigenvalue weighted by Crippen LogP contribution is 2.29. The Morgan fingerprint density at radius 3 is 2.94 bits per heavy atom. The summed E-state index contributed by atoms with van der Waals surface area (Å²) >= 11 is 3.56. The maximum Gasteiger partial charge on any atom is 0.0775 e. The predicted molar refractivity (Wildman–Crippen MR) is 69.4 cm³/mol. The first kappa shape index (κ1) is 12.1. The third-order valence-corrected chi connectivity index (χ3v) is 4.23. The topological polar surface area (TPSA) is 32.3 Å². The molecule has 1 aromatic rings. The van der Waals surface area contributed by atoms with Crippen molar-refractivity contribution in [3.05, 3.63) is 34.3 Å². The van der Waals surface area contributed by atoms with E-state index in [0.717, 1.165) is 23.9 Å². The Kier molecular flexibility index (Phi) is 3.67. The van der Waals surface area contributed by atoms with Gasteiger partial charge in [-0.3, -0.25) is 0 Å². The normalized spacial score (nSPS) is 30.3. The second-order valence-corrected chi connectivity index (χ2v) is 5.67. The molecule has 2 N–H and O–H groups in total. The van der Waals surface area contributed by atoms with E-state index in [2.05, 4.69) is 39.4 Å². The Hall–Kier alpha value is -0.380. The number of rotatable bonds is 2. The standard InChI is InChI=1S/C13H18BrNO/c1-13(16)9-15-7-6-11(13)8-10-4-2-3-5-12(10)14/h2-5,11,15-16H,6-9H2,1H3. The van der Waals surface area contributed by atoms with Gasteiger partial charge in [0.2, 0.25) is 0 Å². The number of aliphatic hydroxyl groups is 1. The lowest BCUT2D eigenvalue weighted by Gasteiger charge is -2.37. The van der Waals surface area contributed by atoms with E-state index >= 15 is 0 Å². The average molecular weight is 284 g/mol. The molecule has 0 bridgehead atoms. The molecule has 16 heavy (non-hydrogen) atoms. The van der Waals surface area contributed by atoms with Crippen molar-refractivity contribution in [2.45, 2.75) is 25.4 Å². The SMILES string of the molecule is CC1(O)CNCCC1Cc1ccccc1Br. The predicted octanol–water partition coefficient (Wildman–Crippen LogP) is 2.35. The number of hydrogen-bond acceptors (Lipinski definition) is 2. The van der Waals surface area contributed by atoms with Gasteiger partial charge in [-0.05, 0) is 43.9 Å². The largest absolute Gasteiger partial charge is 0.389 e. The Balaban J connectivity index is 2.12. The highest BCUT2D eigenvalue weighted by atomic mass is 79.9. The van der Waals surface area contributed by atoms with Gasteiger partial charge in [0, 0.05) is 11.0 Å². The summed E-state index contributed by atoms with van der Waals surface area (Å²) in [4.78, 5) is 0. The summed E-state index contributed by atoms with van der Waals surface area (Å²) in [6.07, 6.45) is 1.98. The molecule has 1 fully saturated rings. The van der Waals surface area contributed by atoms with Gasteiger partial charge in [0.15, 0.2) is 0 Å². The fourth-order valence-corrected chi connectivity index (χ4v) is 2.77. The highest BCUT2D eigenvalue weighted by Gasteiger charge is 2.34. The van der Waals surface area contributed by atoms with E-state index < -0.39 is 5.60 Å². The van der Waals surface area contributed by atoms with Gasteiger partial charge >= 0.3 is 0 Å². The van der Waals surface area contributed by atoms with E-state index in [4.69, 9.17) is 0 Å². The molecule has 2 atom stereocenters. The highest BCUT2D eigenvalue weighted by molar-refractivity contribution is 9.10. The monoisotopic (exact) mass is 283 g/mol. The maximum atomic E-state index is 10.3. The number of nitrogens with one attached hydrogen (secondary N) is 1. The van der Waals surface area contributed by atoms with Crippen molar-refractivity contribution in [2.24, 2.45) is 5.92 Å². The smallest absolute Gasteiger partial charge is 0.0775 e. The molecular weight excluding hydrogens is 266 g/mol. The fraction of sp³-hybridized carbons (Fsp3) is 0.538. The van der Waals surface area contributed by atoms with Crippen molar-refractivity contribution in [3.8, 4) is 0 Å². The molecule has 0 amide bonds. The van der Waals surface area contributed by atoms with Gasteiger partial charge in [-0.1, -0.05) is 34.1 Å². The first-order valence-electron chi connectivity index (χ1n) is 5.76. The Morgan fingerprint density at radius 1 is 1.50 bits per heavy atom. The van der Waals surface area contributed by atoms with Gasteiger partial charge in [-0.25, -0.2) is 0 Å². The molecule has 1 aliphatic heterocycles. The first-order chi connectivity index (χ1) is 7.59. The zero-order valence-electron chi connectivity index (χ0n) is 9.54. The van der Waals surface area contributed by atoms with Gasteiger partial charge < -0.3 is 10.4 Å². The fourth-order valence-electron chi connectivity index (χ4n) is 2.32. The van der Waals surface area contributed by atoms with Crippen LogP contribution in [0.1, 0.15) is 18.9 Å². The van der Waals surface area contributed by atoms with Crippen molar-refractivity contribution in [1.82, 2.24) is 5.32 Å². The minimum atomic E-state index is -0.590. The van der Waals surface area contributed by atoms with E-state index in [9.17, 15) is 5.11 Å².